The smallest absolute Gasteiger partial charge is 0.223 e. The second-order valence-corrected chi connectivity index (χ2v) is 3.74. The molecule has 1 aromatic heterocycles. The minimum atomic E-state index is 0.180. The van der Waals surface area contributed by atoms with Gasteiger partial charge in [0, 0.05) is 18.3 Å². The SMILES string of the molecule is O=C(NCc1ncc[nH]1)C1CCCC1. The molecule has 0 atom stereocenters. The number of aromatic nitrogens is 2. The molecular weight excluding hydrogens is 178 g/mol. The molecule has 1 amide bonds. The molecule has 1 heterocycles. The van der Waals surface area contributed by atoms with Crippen LogP contribution in [0.4, 0.5) is 0 Å². The van der Waals surface area contributed by atoms with E-state index in [4.69, 9.17) is 0 Å². The average Bonchev–Trinajstić information content (AvgIpc) is 2.87. The van der Waals surface area contributed by atoms with Crippen LogP contribution in [0, 0.1) is 5.92 Å². The van der Waals surface area contributed by atoms with Crippen LogP contribution in [0.15, 0.2) is 12.4 Å². The molecule has 1 saturated carbocycles. The van der Waals surface area contributed by atoms with E-state index in [1.807, 2.05) is 0 Å². The van der Waals surface area contributed by atoms with Gasteiger partial charge in [-0.1, -0.05) is 12.8 Å². The van der Waals surface area contributed by atoms with E-state index >= 15 is 0 Å². The summed E-state index contributed by atoms with van der Waals surface area (Å²) in [5, 5.41) is 2.89. The van der Waals surface area contributed by atoms with Crippen molar-refractivity contribution < 1.29 is 4.79 Å². The van der Waals surface area contributed by atoms with Crippen LogP contribution in [0.1, 0.15) is 31.5 Å². The molecule has 1 aliphatic carbocycles. The van der Waals surface area contributed by atoms with Crippen molar-refractivity contribution >= 4 is 5.91 Å². The highest BCUT2D eigenvalue weighted by Crippen LogP contribution is 2.24. The quantitative estimate of drug-likeness (QED) is 0.758. The van der Waals surface area contributed by atoms with Crippen LogP contribution in [0.2, 0.25) is 0 Å². The Morgan fingerprint density at radius 2 is 2.36 bits per heavy atom. The first kappa shape index (κ1) is 9.24. The van der Waals surface area contributed by atoms with Gasteiger partial charge in [0.1, 0.15) is 5.82 Å². The van der Waals surface area contributed by atoms with Gasteiger partial charge in [0.2, 0.25) is 5.91 Å². The van der Waals surface area contributed by atoms with Crippen LogP contribution < -0.4 is 5.32 Å². The highest BCUT2D eigenvalue weighted by Gasteiger charge is 2.22. The zero-order chi connectivity index (χ0) is 9.80. The Morgan fingerprint density at radius 3 is 3.00 bits per heavy atom. The van der Waals surface area contributed by atoms with Crippen molar-refractivity contribution in [2.45, 2.75) is 32.2 Å². The van der Waals surface area contributed by atoms with Gasteiger partial charge in [0.15, 0.2) is 0 Å². The summed E-state index contributed by atoms with van der Waals surface area (Å²) in [6, 6.07) is 0. The van der Waals surface area contributed by atoms with Crippen LogP contribution in [-0.4, -0.2) is 15.9 Å². The highest BCUT2D eigenvalue weighted by molar-refractivity contribution is 5.78. The van der Waals surface area contributed by atoms with Crippen molar-refractivity contribution in [2.75, 3.05) is 0 Å². The predicted molar refractivity (Wildman–Crippen MR) is 52.4 cm³/mol. The molecular formula is C10H15N3O. The summed E-state index contributed by atoms with van der Waals surface area (Å²) in [6.45, 7) is 0.516. The van der Waals surface area contributed by atoms with E-state index in [1.54, 1.807) is 12.4 Å². The first-order chi connectivity index (χ1) is 6.86. The van der Waals surface area contributed by atoms with Crippen molar-refractivity contribution in [1.29, 1.82) is 0 Å². The van der Waals surface area contributed by atoms with Crippen molar-refractivity contribution in [3.05, 3.63) is 18.2 Å². The Balaban J connectivity index is 1.77. The topological polar surface area (TPSA) is 57.8 Å². The van der Waals surface area contributed by atoms with Crippen LogP contribution in [-0.2, 0) is 11.3 Å². The van der Waals surface area contributed by atoms with Crippen molar-refractivity contribution in [3.8, 4) is 0 Å². The zero-order valence-corrected chi connectivity index (χ0v) is 8.12. The molecule has 4 heteroatoms. The lowest BCUT2D eigenvalue weighted by molar-refractivity contribution is -0.125. The third kappa shape index (κ3) is 2.13. The summed E-state index contributed by atoms with van der Waals surface area (Å²) >= 11 is 0. The summed E-state index contributed by atoms with van der Waals surface area (Å²) in [5.41, 5.74) is 0. The molecule has 0 radical (unpaired) electrons. The van der Waals surface area contributed by atoms with Crippen LogP contribution in [0.5, 0.6) is 0 Å². The maximum absolute atomic E-state index is 11.6. The first-order valence-electron chi connectivity index (χ1n) is 5.12. The number of carbonyl (C=O) groups excluding carboxylic acids is 1. The number of amides is 1. The van der Waals surface area contributed by atoms with Gasteiger partial charge in [-0.2, -0.15) is 0 Å². The minimum Gasteiger partial charge on any atom is -0.349 e. The van der Waals surface area contributed by atoms with Gasteiger partial charge in [0.05, 0.1) is 6.54 Å². The van der Waals surface area contributed by atoms with Gasteiger partial charge in [-0.25, -0.2) is 4.98 Å². The van der Waals surface area contributed by atoms with Crippen molar-refractivity contribution in [3.63, 3.8) is 0 Å². The number of imidazole rings is 1. The number of hydrogen-bond acceptors (Lipinski definition) is 2. The third-order valence-electron chi connectivity index (χ3n) is 2.71. The second-order valence-electron chi connectivity index (χ2n) is 3.74. The Morgan fingerprint density at radius 1 is 1.57 bits per heavy atom. The molecule has 0 unspecified atom stereocenters. The maximum atomic E-state index is 11.6. The lowest BCUT2D eigenvalue weighted by Crippen LogP contribution is -2.29. The highest BCUT2D eigenvalue weighted by atomic mass is 16.1. The van der Waals surface area contributed by atoms with Crippen LogP contribution in [0.25, 0.3) is 0 Å². The average molecular weight is 193 g/mol. The molecule has 2 N–H and O–H groups in total. The van der Waals surface area contributed by atoms with Crippen LogP contribution in [0.3, 0.4) is 0 Å². The Kier molecular flexibility index (Phi) is 2.81. The summed E-state index contributed by atoms with van der Waals surface area (Å²) < 4.78 is 0. The predicted octanol–water partition coefficient (Wildman–Crippen LogP) is 1.22. The molecule has 76 valence electrons. The van der Waals surface area contributed by atoms with Crippen LogP contribution >= 0.6 is 0 Å². The fraction of sp³-hybridized carbons (Fsp3) is 0.600. The fourth-order valence-corrected chi connectivity index (χ4v) is 1.90. The number of rotatable bonds is 3. The van der Waals surface area contributed by atoms with E-state index in [2.05, 4.69) is 15.3 Å². The van der Waals surface area contributed by atoms with Gasteiger partial charge in [-0.15, -0.1) is 0 Å². The number of H-pyrrole nitrogens is 1. The van der Waals surface area contributed by atoms with Gasteiger partial charge < -0.3 is 10.3 Å². The minimum absolute atomic E-state index is 0.180. The molecule has 1 aromatic rings. The number of hydrogen-bond donors (Lipinski definition) is 2. The molecule has 1 fully saturated rings. The molecule has 1 aliphatic rings. The Labute approximate surface area is 83.1 Å². The van der Waals surface area contributed by atoms with Gasteiger partial charge >= 0.3 is 0 Å². The summed E-state index contributed by atoms with van der Waals surface area (Å²) in [7, 11) is 0. The number of nitrogens with zero attached hydrogens (tertiary/aromatic N) is 1. The molecule has 0 spiro atoms. The fourth-order valence-electron chi connectivity index (χ4n) is 1.90. The summed E-state index contributed by atoms with van der Waals surface area (Å²) in [4.78, 5) is 18.6. The normalized spacial score (nSPS) is 17.1. The van der Waals surface area contributed by atoms with Crippen molar-refractivity contribution in [2.24, 2.45) is 5.92 Å². The number of nitrogens with one attached hydrogen (secondary N) is 2. The van der Waals surface area contributed by atoms with E-state index in [0.29, 0.717) is 6.54 Å². The zero-order valence-electron chi connectivity index (χ0n) is 8.12. The lowest BCUT2D eigenvalue weighted by atomic mass is 10.1. The van der Waals surface area contributed by atoms with E-state index in [0.717, 1.165) is 18.7 Å². The molecule has 2 rings (SSSR count). The Bertz CT molecular complexity index is 288. The van der Waals surface area contributed by atoms with Gasteiger partial charge in [-0.05, 0) is 12.8 Å². The Hall–Kier alpha value is -1.32. The molecule has 4 nitrogen and oxygen atoms in total. The monoisotopic (exact) mass is 193 g/mol. The van der Waals surface area contributed by atoms with E-state index in [-0.39, 0.29) is 11.8 Å². The maximum Gasteiger partial charge on any atom is 0.223 e. The number of aromatic amines is 1. The molecule has 0 bridgehead atoms. The summed E-state index contributed by atoms with van der Waals surface area (Å²) in [5.74, 6) is 1.24. The molecule has 0 aliphatic heterocycles. The lowest BCUT2D eigenvalue weighted by Gasteiger charge is -2.08. The second kappa shape index (κ2) is 4.26. The first-order valence-corrected chi connectivity index (χ1v) is 5.12. The van der Waals surface area contributed by atoms with Gasteiger partial charge in [-0.3, -0.25) is 4.79 Å². The standard InChI is InChI=1S/C10H15N3O/c14-10(8-3-1-2-4-8)13-7-9-11-5-6-12-9/h5-6,8H,1-4,7H2,(H,11,12)(H,13,14). The molecule has 0 aromatic carbocycles. The van der Waals surface area contributed by atoms with E-state index in [9.17, 15) is 4.79 Å². The molecule has 14 heavy (non-hydrogen) atoms. The van der Waals surface area contributed by atoms with E-state index in [1.165, 1.54) is 12.8 Å². The number of carbonyl (C=O) groups is 1. The van der Waals surface area contributed by atoms with Gasteiger partial charge in [0.25, 0.3) is 0 Å². The summed E-state index contributed by atoms with van der Waals surface area (Å²) in [6.07, 6.45) is 7.93. The van der Waals surface area contributed by atoms with Crippen molar-refractivity contribution in [1.82, 2.24) is 15.3 Å². The molecule has 0 saturated heterocycles. The van der Waals surface area contributed by atoms with E-state index < -0.39 is 0 Å². The largest absolute Gasteiger partial charge is 0.349 e. The third-order valence-corrected chi connectivity index (χ3v) is 2.71.